The Bertz CT molecular complexity index is 643. The number of halogens is 3. The van der Waals surface area contributed by atoms with Gasteiger partial charge in [-0.1, -0.05) is 0 Å². The van der Waals surface area contributed by atoms with Gasteiger partial charge in [0.05, 0.1) is 21.4 Å². The zero-order valence-corrected chi connectivity index (χ0v) is 14.6. The molecule has 0 saturated carbocycles. The van der Waals surface area contributed by atoms with Gasteiger partial charge in [-0.05, 0) is 22.0 Å². The Hall–Kier alpha value is -0.300. The van der Waals surface area contributed by atoms with Gasteiger partial charge in [-0.15, -0.1) is 11.6 Å². The third-order valence-corrected chi connectivity index (χ3v) is 5.52. The SMILES string of the molecule is Fc1cc2nc(CCl)n(CCN3CCSCC3)c2cc1Br. The van der Waals surface area contributed by atoms with Crippen molar-refractivity contribution in [2.24, 2.45) is 0 Å². The van der Waals surface area contributed by atoms with Gasteiger partial charge in [-0.2, -0.15) is 11.8 Å². The van der Waals surface area contributed by atoms with Crippen LogP contribution in [-0.4, -0.2) is 45.6 Å². The molecule has 2 aromatic rings. The first-order valence-corrected chi connectivity index (χ1v) is 9.37. The van der Waals surface area contributed by atoms with Crippen LogP contribution in [0.15, 0.2) is 16.6 Å². The first kappa shape index (κ1) is 15.6. The molecule has 1 aliphatic rings. The maximum Gasteiger partial charge on any atom is 0.139 e. The second-order valence-corrected chi connectivity index (χ2v) is 7.37. The van der Waals surface area contributed by atoms with E-state index in [9.17, 15) is 4.39 Å². The van der Waals surface area contributed by atoms with Crippen LogP contribution in [0, 0.1) is 5.82 Å². The molecule has 114 valence electrons. The number of hydrogen-bond donors (Lipinski definition) is 0. The lowest BCUT2D eigenvalue weighted by molar-refractivity contribution is 0.290. The molecule has 7 heteroatoms. The van der Waals surface area contributed by atoms with E-state index >= 15 is 0 Å². The maximum atomic E-state index is 13.6. The lowest BCUT2D eigenvalue weighted by atomic mass is 10.3. The first-order valence-electron chi connectivity index (χ1n) is 6.89. The van der Waals surface area contributed by atoms with Crippen LogP contribution in [0.2, 0.25) is 0 Å². The quantitative estimate of drug-likeness (QED) is 0.740. The van der Waals surface area contributed by atoms with Crippen molar-refractivity contribution in [1.29, 1.82) is 0 Å². The highest BCUT2D eigenvalue weighted by atomic mass is 79.9. The minimum absolute atomic E-state index is 0.290. The molecule has 1 aromatic carbocycles. The predicted octanol–water partition coefficient (Wildman–Crippen LogP) is 3.73. The fourth-order valence-corrected chi connectivity index (χ4v) is 4.10. The third-order valence-electron chi connectivity index (χ3n) is 3.73. The predicted molar refractivity (Wildman–Crippen MR) is 90.7 cm³/mol. The molecule has 21 heavy (non-hydrogen) atoms. The zero-order valence-electron chi connectivity index (χ0n) is 11.5. The van der Waals surface area contributed by atoms with Gasteiger partial charge in [0.25, 0.3) is 0 Å². The molecule has 1 aliphatic heterocycles. The van der Waals surface area contributed by atoms with Gasteiger partial charge >= 0.3 is 0 Å². The van der Waals surface area contributed by atoms with Crippen LogP contribution >= 0.6 is 39.3 Å². The van der Waals surface area contributed by atoms with Crippen molar-refractivity contribution >= 4 is 50.3 Å². The number of aromatic nitrogens is 2. The highest BCUT2D eigenvalue weighted by Crippen LogP contribution is 2.25. The van der Waals surface area contributed by atoms with Gasteiger partial charge in [-0.25, -0.2) is 9.37 Å². The average molecular weight is 393 g/mol. The van der Waals surface area contributed by atoms with Gasteiger partial charge < -0.3 is 4.57 Å². The van der Waals surface area contributed by atoms with E-state index < -0.39 is 0 Å². The minimum Gasteiger partial charge on any atom is -0.326 e. The monoisotopic (exact) mass is 391 g/mol. The van der Waals surface area contributed by atoms with E-state index in [1.165, 1.54) is 17.6 Å². The molecule has 0 N–H and O–H groups in total. The lowest BCUT2D eigenvalue weighted by Gasteiger charge is -2.26. The lowest BCUT2D eigenvalue weighted by Crippen LogP contribution is -2.35. The number of benzene rings is 1. The van der Waals surface area contributed by atoms with Crippen LogP contribution < -0.4 is 0 Å². The molecular formula is C14H16BrClFN3S. The Morgan fingerprint density at radius 2 is 2.05 bits per heavy atom. The van der Waals surface area contributed by atoms with Crippen LogP contribution in [0.4, 0.5) is 4.39 Å². The Labute approximate surface area is 141 Å². The van der Waals surface area contributed by atoms with E-state index in [0.29, 0.717) is 15.9 Å². The van der Waals surface area contributed by atoms with Gasteiger partial charge in [-0.3, -0.25) is 4.90 Å². The molecule has 0 atom stereocenters. The smallest absolute Gasteiger partial charge is 0.139 e. The average Bonchev–Trinajstić information content (AvgIpc) is 2.83. The second kappa shape index (κ2) is 6.86. The molecule has 1 saturated heterocycles. The number of hydrogen-bond acceptors (Lipinski definition) is 3. The molecule has 0 aliphatic carbocycles. The molecule has 0 radical (unpaired) electrons. The standard InChI is InChI=1S/C14H16BrClFN3S/c15-10-7-13-12(8-11(10)17)18-14(9-16)20(13)2-1-19-3-5-21-6-4-19/h7-8H,1-6,9H2. The van der Waals surface area contributed by atoms with E-state index in [2.05, 4.69) is 30.4 Å². The van der Waals surface area contributed by atoms with E-state index in [-0.39, 0.29) is 5.82 Å². The highest BCUT2D eigenvalue weighted by molar-refractivity contribution is 9.10. The van der Waals surface area contributed by atoms with E-state index in [1.54, 1.807) is 6.07 Å². The fraction of sp³-hybridized carbons (Fsp3) is 0.500. The van der Waals surface area contributed by atoms with Crippen LogP contribution in [-0.2, 0) is 12.4 Å². The fourth-order valence-electron chi connectivity index (χ4n) is 2.59. The summed E-state index contributed by atoms with van der Waals surface area (Å²) in [4.78, 5) is 6.90. The zero-order chi connectivity index (χ0) is 14.8. The number of fused-ring (bicyclic) bond motifs is 1. The van der Waals surface area contributed by atoms with Crippen LogP contribution in [0.3, 0.4) is 0 Å². The summed E-state index contributed by atoms with van der Waals surface area (Å²) in [6.07, 6.45) is 0. The normalized spacial score (nSPS) is 16.7. The molecule has 0 spiro atoms. The summed E-state index contributed by atoms with van der Waals surface area (Å²) in [5, 5.41) is 0. The van der Waals surface area contributed by atoms with Crippen molar-refractivity contribution in [3.63, 3.8) is 0 Å². The van der Waals surface area contributed by atoms with Crippen LogP contribution in [0.1, 0.15) is 5.82 Å². The summed E-state index contributed by atoms with van der Waals surface area (Å²) in [6.45, 7) is 4.07. The first-order chi connectivity index (χ1) is 10.2. The minimum atomic E-state index is -0.290. The van der Waals surface area contributed by atoms with E-state index in [1.807, 2.05) is 11.8 Å². The summed E-state index contributed by atoms with van der Waals surface area (Å²) in [7, 11) is 0. The summed E-state index contributed by atoms with van der Waals surface area (Å²) < 4.78 is 16.2. The Kier molecular flexibility index (Phi) is 5.09. The van der Waals surface area contributed by atoms with Crippen molar-refractivity contribution in [3.8, 4) is 0 Å². The van der Waals surface area contributed by atoms with E-state index in [4.69, 9.17) is 11.6 Å². The largest absolute Gasteiger partial charge is 0.326 e. The Morgan fingerprint density at radius 1 is 1.29 bits per heavy atom. The number of imidazole rings is 1. The van der Waals surface area contributed by atoms with Crippen LogP contribution in [0.25, 0.3) is 11.0 Å². The van der Waals surface area contributed by atoms with Gasteiger partial charge in [0.1, 0.15) is 11.6 Å². The van der Waals surface area contributed by atoms with Crippen molar-refractivity contribution in [1.82, 2.24) is 14.5 Å². The topological polar surface area (TPSA) is 21.1 Å². The Balaban J connectivity index is 1.86. The number of thioether (sulfide) groups is 1. The highest BCUT2D eigenvalue weighted by Gasteiger charge is 2.15. The third kappa shape index (κ3) is 3.38. The molecular weight excluding hydrogens is 377 g/mol. The molecule has 1 aromatic heterocycles. The molecule has 3 nitrogen and oxygen atoms in total. The number of alkyl halides is 1. The van der Waals surface area contributed by atoms with Gasteiger partial charge in [0.15, 0.2) is 0 Å². The summed E-state index contributed by atoms with van der Waals surface area (Å²) in [5.74, 6) is 3.24. The van der Waals surface area contributed by atoms with Gasteiger partial charge in [0, 0.05) is 43.8 Å². The van der Waals surface area contributed by atoms with Crippen molar-refractivity contribution in [2.75, 3.05) is 31.1 Å². The molecule has 2 heterocycles. The van der Waals surface area contributed by atoms with Crippen molar-refractivity contribution in [2.45, 2.75) is 12.4 Å². The van der Waals surface area contributed by atoms with Crippen molar-refractivity contribution < 1.29 is 4.39 Å². The van der Waals surface area contributed by atoms with Crippen LogP contribution in [0.5, 0.6) is 0 Å². The van der Waals surface area contributed by atoms with Crippen molar-refractivity contribution in [3.05, 3.63) is 28.2 Å². The molecule has 3 rings (SSSR count). The Morgan fingerprint density at radius 3 is 2.76 bits per heavy atom. The summed E-state index contributed by atoms with van der Waals surface area (Å²) >= 11 is 11.3. The van der Waals surface area contributed by atoms with E-state index in [0.717, 1.165) is 37.5 Å². The number of nitrogens with zero attached hydrogens (tertiary/aromatic N) is 3. The molecule has 0 unspecified atom stereocenters. The maximum absolute atomic E-state index is 13.6. The second-order valence-electron chi connectivity index (χ2n) is 5.02. The number of rotatable bonds is 4. The molecule has 1 fully saturated rings. The molecule has 0 amide bonds. The summed E-state index contributed by atoms with van der Waals surface area (Å²) in [5.41, 5.74) is 1.60. The molecule has 0 bridgehead atoms. The summed E-state index contributed by atoms with van der Waals surface area (Å²) in [6, 6.07) is 3.25. The van der Waals surface area contributed by atoms with Gasteiger partial charge in [0.2, 0.25) is 0 Å².